The largest absolute Gasteiger partial charge is 0.0845 e. The lowest BCUT2D eigenvalue weighted by atomic mass is 9.99. The van der Waals surface area contributed by atoms with Gasteiger partial charge < -0.3 is 0 Å². The quantitative estimate of drug-likeness (QED) is 0.493. The van der Waals surface area contributed by atoms with Crippen LogP contribution in [0.5, 0.6) is 0 Å². The molecule has 0 aromatic carbocycles. The molecule has 0 N–H and O–H groups in total. The molecule has 1 radical (unpaired) electrons. The van der Waals surface area contributed by atoms with Crippen LogP contribution in [0.15, 0.2) is 6.08 Å². The summed E-state index contributed by atoms with van der Waals surface area (Å²) in [6, 6.07) is 0. The summed E-state index contributed by atoms with van der Waals surface area (Å²) in [7, 11) is 0. The lowest BCUT2D eigenvalue weighted by molar-refractivity contribution is 0.472. The van der Waals surface area contributed by atoms with Crippen molar-refractivity contribution >= 4 is 0 Å². The lowest BCUT2D eigenvalue weighted by Gasteiger charge is -2.07. The molecule has 0 heteroatoms. The van der Waals surface area contributed by atoms with Crippen LogP contribution in [-0.4, -0.2) is 0 Å². The summed E-state index contributed by atoms with van der Waals surface area (Å²) in [5, 5.41) is 0. The van der Waals surface area contributed by atoms with E-state index in [4.69, 9.17) is 6.58 Å². The molecule has 0 heterocycles. The molecule has 0 aromatic rings. The van der Waals surface area contributed by atoms with Gasteiger partial charge in [-0.2, -0.15) is 0 Å². The van der Waals surface area contributed by atoms with Crippen LogP contribution in [0.4, 0.5) is 0 Å². The second-order valence-corrected chi connectivity index (χ2v) is 3.06. The second kappa shape index (κ2) is 6.85. The topological polar surface area (TPSA) is 0 Å². The second-order valence-electron chi connectivity index (χ2n) is 3.06. The Morgan fingerprint density at radius 1 is 1.40 bits per heavy atom. The van der Waals surface area contributed by atoms with Crippen molar-refractivity contribution < 1.29 is 0 Å². The van der Waals surface area contributed by atoms with Crippen LogP contribution < -0.4 is 0 Å². The van der Waals surface area contributed by atoms with Crippen LogP contribution in [0.3, 0.4) is 0 Å². The van der Waals surface area contributed by atoms with Gasteiger partial charge in [-0.25, -0.2) is 0 Å². The van der Waals surface area contributed by atoms with E-state index in [1.54, 1.807) is 6.08 Å². The number of allylic oxidation sites excluding steroid dienone is 1. The number of unbranched alkanes of at least 4 members (excludes halogenated alkanes) is 1. The van der Waals surface area contributed by atoms with Gasteiger partial charge in [-0.05, 0) is 18.8 Å². The highest BCUT2D eigenvalue weighted by Crippen LogP contribution is 2.13. The van der Waals surface area contributed by atoms with Gasteiger partial charge in [-0.1, -0.05) is 45.8 Å². The third kappa shape index (κ3) is 5.87. The molecule has 0 saturated carbocycles. The molecule has 0 bridgehead atoms. The van der Waals surface area contributed by atoms with E-state index in [9.17, 15) is 0 Å². The Labute approximate surface area is 65.3 Å². The van der Waals surface area contributed by atoms with E-state index >= 15 is 0 Å². The molecule has 0 aliphatic carbocycles. The van der Waals surface area contributed by atoms with Gasteiger partial charge in [0.15, 0.2) is 0 Å². The SMILES string of the molecule is [CH]=CCCCC(C)CCC. The van der Waals surface area contributed by atoms with Crippen LogP contribution in [0.1, 0.15) is 46.0 Å². The molecule has 10 heavy (non-hydrogen) atoms. The Bertz CT molecular complexity index is 74.1. The smallest absolute Gasteiger partial charge is 0.0348 e. The van der Waals surface area contributed by atoms with Crippen molar-refractivity contribution in [2.75, 3.05) is 0 Å². The van der Waals surface area contributed by atoms with Gasteiger partial charge in [-0.15, -0.1) is 0 Å². The molecule has 59 valence electrons. The maximum atomic E-state index is 5.26. The number of hydrogen-bond acceptors (Lipinski definition) is 0. The van der Waals surface area contributed by atoms with Crippen molar-refractivity contribution in [2.45, 2.75) is 46.0 Å². The van der Waals surface area contributed by atoms with Crippen molar-refractivity contribution in [1.29, 1.82) is 0 Å². The summed E-state index contributed by atoms with van der Waals surface area (Å²) in [6.07, 6.45) is 8.12. The Hall–Kier alpha value is -0.260. The molecule has 0 nitrogen and oxygen atoms in total. The average molecular weight is 139 g/mol. The van der Waals surface area contributed by atoms with Gasteiger partial charge in [0, 0.05) is 0 Å². The molecular formula is C10H19. The molecule has 0 fully saturated rings. The molecule has 1 unspecified atom stereocenters. The fraction of sp³-hybridized carbons (Fsp3) is 0.800. The molecule has 0 aliphatic heterocycles. The Kier molecular flexibility index (Phi) is 6.68. The van der Waals surface area contributed by atoms with Gasteiger partial charge in [0.05, 0.1) is 0 Å². The van der Waals surface area contributed by atoms with Gasteiger partial charge in [0.25, 0.3) is 0 Å². The molecule has 0 amide bonds. The van der Waals surface area contributed by atoms with Crippen LogP contribution in [0, 0.1) is 12.5 Å². The standard InChI is InChI=1S/C10H19/c1-4-6-7-9-10(3)8-5-2/h1,4,10H,5-9H2,2-3H3. The minimum atomic E-state index is 0.893. The van der Waals surface area contributed by atoms with Crippen molar-refractivity contribution in [3.63, 3.8) is 0 Å². The summed E-state index contributed by atoms with van der Waals surface area (Å²) in [6.45, 7) is 9.82. The predicted molar refractivity (Wildman–Crippen MR) is 46.8 cm³/mol. The zero-order valence-corrected chi connectivity index (χ0v) is 7.27. The van der Waals surface area contributed by atoms with Crippen molar-refractivity contribution in [3.8, 4) is 0 Å². The zero-order chi connectivity index (χ0) is 7.82. The summed E-state index contributed by atoms with van der Waals surface area (Å²) in [5.41, 5.74) is 0. The molecule has 1 atom stereocenters. The van der Waals surface area contributed by atoms with Crippen LogP contribution in [-0.2, 0) is 0 Å². The highest BCUT2D eigenvalue weighted by Gasteiger charge is 1.97. The van der Waals surface area contributed by atoms with E-state index in [1.807, 2.05) is 0 Å². The molecule has 0 spiro atoms. The molecule has 0 saturated heterocycles. The highest BCUT2D eigenvalue weighted by atomic mass is 14.0. The third-order valence-corrected chi connectivity index (χ3v) is 1.85. The van der Waals surface area contributed by atoms with Crippen LogP contribution >= 0.6 is 0 Å². The molecule has 0 rings (SSSR count). The first kappa shape index (κ1) is 9.74. The highest BCUT2D eigenvalue weighted by molar-refractivity contribution is 4.63. The van der Waals surface area contributed by atoms with Gasteiger partial charge in [0.1, 0.15) is 0 Å². The normalized spacial score (nSPS) is 13.0. The summed E-state index contributed by atoms with van der Waals surface area (Å²) in [5.74, 6) is 0.893. The monoisotopic (exact) mass is 139 g/mol. The van der Waals surface area contributed by atoms with Crippen molar-refractivity contribution in [3.05, 3.63) is 12.7 Å². The molecule has 0 aliphatic rings. The summed E-state index contributed by atoms with van der Waals surface area (Å²) < 4.78 is 0. The average Bonchev–Trinajstić information content (AvgIpc) is 1.89. The third-order valence-electron chi connectivity index (χ3n) is 1.85. The first-order valence-electron chi connectivity index (χ1n) is 4.34. The zero-order valence-electron chi connectivity index (χ0n) is 7.27. The Morgan fingerprint density at radius 2 is 2.10 bits per heavy atom. The van der Waals surface area contributed by atoms with Gasteiger partial charge in [0.2, 0.25) is 0 Å². The van der Waals surface area contributed by atoms with Crippen LogP contribution in [0.25, 0.3) is 0 Å². The Balaban J connectivity index is 3.04. The number of hydrogen-bond donors (Lipinski definition) is 0. The van der Waals surface area contributed by atoms with E-state index in [2.05, 4.69) is 13.8 Å². The van der Waals surface area contributed by atoms with E-state index in [0.717, 1.165) is 12.3 Å². The van der Waals surface area contributed by atoms with E-state index in [0.29, 0.717) is 0 Å². The maximum Gasteiger partial charge on any atom is -0.0348 e. The fourth-order valence-electron chi connectivity index (χ4n) is 1.22. The Morgan fingerprint density at radius 3 is 2.60 bits per heavy atom. The fourth-order valence-corrected chi connectivity index (χ4v) is 1.22. The van der Waals surface area contributed by atoms with E-state index < -0.39 is 0 Å². The van der Waals surface area contributed by atoms with E-state index in [1.165, 1.54) is 25.7 Å². The summed E-state index contributed by atoms with van der Waals surface area (Å²) in [4.78, 5) is 0. The minimum absolute atomic E-state index is 0.893. The first-order valence-corrected chi connectivity index (χ1v) is 4.34. The molecular weight excluding hydrogens is 120 g/mol. The predicted octanol–water partition coefficient (Wildman–Crippen LogP) is 3.58. The van der Waals surface area contributed by atoms with Gasteiger partial charge >= 0.3 is 0 Å². The molecule has 0 aromatic heterocycles. The van der Waals surface area contributed by atoms with Gasteiger partial charge in [-0.3, -0.25) is 0 Å². The first-order chi connectivity index (χ1) is 4.81. The maximum absolute atomic E-state index is 5.26. The minimum Gasteiger partial charge on any atom is -0.0845 e. The number of rotatable bonds is 6. The van der Waals surface area contributed by atoms with E-state index in [-0.39, 0.29) is 0 Å². The van der Waals surface area contributed by atoms with Crippen LogP contribution in [0.2, 0.25) is 0 Å². The summed E-state index contributed by atoms with van der Waals surface area (Å²) >= 11 is 0. The lowest BCUT2D eigenvalue weighted by Crippen LogP contribution is -1.92. The van der Waals surface area contributed by atoms with Crippen molar-refractivity contribution in [1.82, 2.24) is 0 Å². The van der Waals surface area contributed by atoms with Crippen molar-refractivity contribution in [2.24, 2.45) is 5.92 Å².